The van der Waals surface area contributed by atoms with Gasteiger partial charge in [-0.3, -0.25) is 4.79 Å². The predicted octanol–water partition coefficient (Wildman–Crippen LogP) is 3.73. The van der Waals surface area contributed by atoms with Crippen molar-refractivity contribution < 1.29 is 13.6 Å². The maximum Gasteiger partial charge on any atom is 0.254 e. The zero-order valence-corrected chi connectivity index (χ0v) is 13.8. The molecule has 0 saturated heterocycles. The summed E-state index contributed by atoms with van der Waals surface area (Å²) in [6.45, 7) is 0.884. The molecule has 0 N–H and O–H groups in total. The molecule has 0 unspecified atom stereocenters. The number of halogens is 2. The lowest BCUT2D eigenvalue weighted by atomic mass is 10.1. The predicted molar refractivity (Wildman–Crippen MR) is 89.6 cm³/mol. The number of amides is 1. The lowest BCUT2D eigenvalue weighted by molar-refractivity contribution is 0.0728. The van der Waals surface area contributed by atoms with Gasteiger partial charge in [0.2, 0.25) is 5.89 Å². The maximum absolute atomic E-state index is 13.0. The average Bonchev–Trinajstić information content (AvgIpc) is 3.05. The van der Waals surface area contributed by atoms with Gasteiger partial charge in [0.25, 0.3) is 5.91 Å². The second kappa shape index (κ2) is 6.29. The minimum absolute atomic E-state index is 0.0994. The Kier molecular flexibility index (Phi) is 3.97. The number of carbonyl (C=O) groups excluding carboxylic acids is 1. The molecule has 0 fully saturated rings. The van der Waals surface area contributed by atoms with E-state index in [9.17, 15) is 9.18 Å². The Bertz CT molecular complexity index is 940. The molecular formula is C18H13ClFN3O2. The first-order chi connectivity index (χ1) is 12.1. The molecule has 0 atom stereocenters. The summed E-state index contributed by atoms with van der Waals surface area (Å²) in [5.41, 5.74) is 1.70. The van der Waals surface area contributed by atoms with E-state index in [4.69, 9.17) is 16.0 Å². The van der Waals surface area contributed by atoms with E-state index in [0.29, 0.717) is 47.4 Å². The first-order valence-corrected chi connectivity index (χ1v) is 8.13. The fourth-order valence-corrected chi connectivity index (χ4v) is 2.98. The number of hydrogen-bond acceptors (Lipinski definition) is 4. The van der Waals surface area contributed by atoms with Crippen LogP contribution in [0, 0.1) is 5.82 Å². The Morgan fingerprint density at radius 2 is 2.16 bits per heavy atom. The normalized spacial score (nSPS) is 13.6. The van der Waals surface area contributed by atoms with Crippen LogP contribution in [0.3, 0.4) is 0 Å². The molecule has 5 nitrogen and oxygen atoms in total. The number of benzene rings is 1. The van der Waals surface area contributed by atoms with Crippen LogP contribution in [0.5, 0.6) is 0 Å². The van der Waals surface area contributed by atoms with E-state index in [1.54, 1.807) is 29.2 Å². The number of nitrogens with zero attached hydrogens (tertiary/aromatic N) is 3. The third-order valence-electron chi connectivity index (χ3n) is 4.03. The number of aromatic nitrogens is 2. The molecule has 4 rings (SSSR count). The van der Waals surface area contributed by atoms with Crippen LogP contribution in [0.1, 0.15) is 21.8 Å². The average molecular weight is 358 g/mol. The van der Waals surface area contributed by atoms with Gasteiger partial charge in [0.15, 0.2) is 0 Å². The number of rotatable bonds is 2. The number of pyridine rings is 1. The fraction of sp³-hybridized carbons (Fsp3) is 0.167. The topological polar surface area (TPSA) is 59.2 Å². The van der Waals surface area contributed by atoms with Gasteiger partial charge in [0.05, 0.1) is 12.7 Å². The summed E-state index contributed by atoms with van der Waals surface area (Å²) in [5, 5.41) is 0.523. The summed E-state index contributed by atoms with van der Waals surface area (Å²) in [6.07, 6.45) is 1.68. The molecule has 0 radical (unpaired) electrons. The van der Waals surface area contributed by atoms with Crippen molar-refractivity contribution in [2.75, 3.05) is 6.54 Å². The second-order valence-electron chi connectivity index (χ2n) is 5.74. The molecule has 0 spiro atoms. The molecule has 1 aliphatic heterocycles. The third kappa shape index (κ3) is 3.13. The molecule has 0 aliphatic carbocycles. The molecule has 0 saturated carbocycles. The SMILES string of the molecule is O=C(c1cccc(Cl)c1)N1CCc2oc(-c3ccc(F)cn3)nc2C1. The van der Waals surface area contributed by atoms with Gasteiger partial charge >= 0.3 is 0 Å². The van der Waals surface area contributed by atoms with E-state index in [1.165, 1.54) is 12.1 Å². The van der Waals surface area contributed by atoms with Gasteiger partial charge in [0, 0.05) is 23.6 Å². The molecule has 25 heavy (non-hydrogen) atoms. The highest BCUT2D eigenvalue weighted by atomic mass is 35.5. The van der Waals surface area contributed by atoms with Gasteiger partial charge in [0.1, 0.15) is 23.0 Å². The maximum atomic E-state index is 13.0. The molecule has 3 aromatic rings. The zero-order valence-electron chi connectivity index (χ0n) is 13.1. The van der Waals surface area contributed by atoms with E-state index in [-0.39, 0.29) is 5.91 Å². The Balaban J connectivity index is 1.57. The van der Waals surface area contributed by atoms with Crippen LogP contribution < -0.4 is 0 Å². The molecule has 126 valence electrons. The summed E-state index contributed by atoms with van der Waals surface area (Å²) >= 11 is 5.96. The van der Waals surface area contributed by atoms with Crippen molar-refractivity contribution in [3.8, 4) is 11.6 Å². The largest absolute Gasteiger partial charge is 0.439 e. The smallest absolute Gasteiger partial charge is 0.254 e. The van der Waals surface area contributed by atoms with Crippen LogP contribution in [0.4, 0.5) is 4.39 Å². The molecule has 0 bridgehead atoms. The molecule has 1 aromatic carbocycles. The third-order valence-corrected chi connectivity index (χ3v) is 4.27. The first kappa shape index (κ1) is 15.8. The lowest BCUT2D eigenvalue weighted by Gasteiger charge is -2.25. The molecule has 7 heteroatoms. The minimum atomic E-state index is -0.418. The number of carbonyl (C=O) groups is 1. The molecule has 1 amide bonds. The second-order valence-corrected chi connectivity index (χ2v) is 6.17. The quantitative estimate of drug-likeness (QED) is 0.701. The molecule has 3 heterocycles. The van der Waals surface area contributed by atoms with Gasteiger partial charge in [-0.15, -0.1) is 0 Å². The van der Waals surface area contributed by atoms with E-state index >= 15 is 0 Å². The monoisotopic (exact) mass is 357 g/mol. The van der Waals surface area contributed by atoms with Crippen molar-refractivity contribution in [1.82, 2.24) is 14.9 Å². The highest BCUT2D eigenvalue weighted by Gasteiger charge is 2.26. The molecular weight excluding hydrogens is 345 g/mol. The van der Waals surface area contributed by atoms with E-state index < -0.39 is 5.82 Å². The summed E-state index contributed by atoms with van der Waals surface area (Å²) in [4.78, 5) is 22.7. The van der Waals surface area contributed by atoms with Crippen molar-refractivity contribution in [2.24, 2.45) is 0 Å². The Hall–Kier alpha value is -2.73. The van der Waals surface area contributed by atoms with Crippen molar-refractivity contribution >= 4 is 17.5 Å². The molecule has 2 aromatic heterocycles. The minimum Gasteiger partial charge on any atom is -0.439 e. The van der Waals surface area contributed by atoms with Crippen LogP contribution >= 0.6 is 11.6 Å². The summed E-state index contributed by atoms with van der Waals surface area (Å²) < 4.78 is 18.7. The summed E-state index contributed by atoms with van der Waals surface area (Å²) in [5.74, 6) is 0.550. The van der Waals surface area contributed by atoms with Crippen LogP contribution in [0.25, 0.3) is 11.6 Å². The van der Waals surface area contributed by atoms with Crippen molar-refractivity contribution in [2.45, 2.75) is 13.0 Å². The van der Waals surface area contributed by atoms with E-state index in [1.807, 2.05) is 0 Å². The Morgan fingerprint density at radius 3 is 2.92 bits per heavy atom. The van der Waals surface area contributed by atoms with Crippen LogP contribution in [-0.2, 0) is 13.0 Å². The number of hydrogen-bond donors (Lipinski definition) is 0. The van der Waals surface area contributed by atoms with E-state index in [0.717, 1.165) is 12.0 Å². The summed E-state index contributed by atoms with van der Waals surface area (Å²) in [7, 11) is 0. The van der Waals surface area contributed by atoms with Gasteiger partial charge in [-0.1, -0.05) is 17.7 Å². The van der Waals surface area contributed by atoms with Crippen LogP contribution in [0.2, 0.25) is 5.02 Å². The van der Waals surface area contributed by atoms with E-state index in [2.05, 4.69) is 9.97 Å². The number of oxazole rings is 1. The van der Waals surface area contributed by atoms with Gasteiger partial charge in [-0.05, 0) is 30.3 Å². The van der Waals surface area contributed by atoms with Crippen molar-refractivity contribution in [3.05, 3.63) is 70.5 Å². The van der Waals surface area contributed by atoms with Crippen LogP contribution in [0.15, 0.2) is 47.0 Å². The van der Waals surface area contributed by atoms with Gasteiger partial charge < -0.3 is 9.32 Å². The highest BCUT2D eigenvalue weighted by Crippen LogP contribution is 2.26. The standard InChI is InChI=1S/C18H13ClFN3O2/c19-12-3-1-2-11(8-12)18(24)23-7-6-16-15(10-23)22-17(25-16)14-5-4-13(20)9-21-14/h1-5,8-9H,6-7,10H2. The van der Waals surface area contributed by atoms with Crippen molar-refractivity contribution in [1.29, 1.82) is 0 Å². The van der Waals surface area contributed by atoms with Crippen molar-refractivity contribution in [3.63, 3.8) is 0 Å². The zero-order chi connectivity index (χ0) is 17.4. The lowest BCUT2D eigenvalue weighted by Crippen LogP contribution is -2.35. The highest BCUT2D eigenvalue weighted by molar-refractivity contribution is 6.30. The summed E-state index contributed by atoms with van der Waals surface area (Å²) in [6, 6.07) is 9.68. The first-order valence-electron chi connectivity index (χ1n) is 7.75. The van der Waals surface area contributed by atoms with Gasteiger partial charge in [-0.25, -0.2) is 14.4 Å². The molecule has 1 aliphatic rings. The number of fused-ring (bicyclic) bond motifs is 1. The van der Waals surface area contributed by atoms with Gasteiger partial charge in [-0.2, -0.15) is 0 Å². The Morgan fingerprint density at radius 1 is 1.28 bits per heavy atom. The van der Waals surface area contributed by atoms with Crippen LogP contribution in [-0.4, -0.2) is 27.3 Å². The Labute approximate surface area is 148 Å². The fourth-order valence-electron chi connectivity index (χ4n) is 2.79.